The number of ether oxygens (including phenoxy) is 2. The van der Waals surface area contributed by atoms with Gasteiger partial charge in [-0.15, -0.1) is 0 Å². The van der Waals surface area contributed by atoms with Crippen LogP contribution in [-0.2, 0) is 9.53 Å². The lowest BCUT2D eigenvalue weighted by molar-refractivity contribution is -0.121. The number of hydrogen-bond donors (Lipinski definition) is 1. The Morgan fingerprint density at radius 1 is 0.970 bits per heavy atom. The Labute approximate surface area is 196 Å². The summed E-state index contributed by atoms with van der Waals surface area (Å²) in [6.45, 7) is 9.30. The molecule has 0 bridgehead atoms. The molecule has 1 aliphatic rings. The number of benzene rings is 2. The van der Waals surface area contributed by atoms with Crippen molar-refractivity contribution in [3.05, 3.63) is 60.2 Å². The maximum atomic E-state index is 13.6. The van der Waals surface area contributed by atoms with Crippen molar-refractivity contribution in [2.24, 2.45) is 5.92 Å². The van der Waals surface area contributed by atoms with E-state index in [4.69, 9.17) is 9.47 Å². The first-order valence-electron chi connectivity index (χ1n) is 11.7. The van der Waals surface area contributed by atoms with Crippen molar-refractivity contribution >= 4 is 17.7 Å². The lowest BCUT2D eigenvalue weighted by Gasteiger charge is -2.30. The zero-order valence-electron chi connectivity index (χ0n) is 19.8. The number of para-hydroxylation sites is 2. The Morgan fingerprint density at radius 2 is 1.70 bits per heavy atom. The highest BCUT2D eigenvalue weighted by molar-refractivity contribution is 5.96. The summed E-state index contributed by atoms with van der Waals surface area (Å²) in [5.74, 6) is 0.822. The van der Waals surface area contributed by atoms with E-state index in [1.54, 1.807) is 4.90 Å². The molecule has 0 spiro atoms. The first kappa shape index (κ1) is 24.6. The molecule has 33 heavy (non-hydrogen) atoms. The van der Waals surface area contributed by atoms with E-state index in [1.165, 1.54) is 0 Å². The van der Waals surface area contributed by atoms with Gasteiger partial charge in [-0.25, -0.2) is 4.79 Å². The van der Waals surface area contributed by atoms with Crippen LogP contribution in [0.5, 0.6) is 5.75 Å². The number of anilines is 1. The highest BCUT2D eigenvalue weighted by atomic mass is 16.6. The number of rotatable bonds is 8. The molecule has 0 aromatic heterocycles. The van der Waals surface area contributed by atoms with Gasteiger partial charge in [0.1, 0.15) is 11.8 Å². The van der Waals surface area contributed by atoms with Gasteiger partial charge in [-0.1, -0.05) is 56.3 Å². The Balaban J connectivity index is 1.76. The van der Waals surface area contributed by atoms with Crippen molar-refractivity contribution in [1.82, 2.24) is 9.80 Å². The van der Waals surface area contributed by atoms with Crippen molar-refractivity contribution in [1.29, 1.82) is 0 Å². The SMILES string of the molecule is CCOc1ccccc1NC(=O)C(c1ccccc1)N1CCCN(C(=O)OCC(C)C)CC1. The first-order chi connectivity index (χ1) is 16.0. The molecule has 3 rings (SSSR count). The van der Waals surface area contributed by atoms with Crippen molar-refractivity contribution in [3.8, 4) is 5.75 Å². The third kappa shape index (κ3) is 6.96. The topological polar surface area (TPSA) is 71.1 Å². The first-order valence-corrected chi connectivity index (χ1v) is 11.7. The van der Waals surface area contributed by atoms with Gasteiger partial charge in [0, 0.05) is 26.2 Å². The number of carbonyl (C=O) groups is 2. The molecule has 2 amide bonds. The van der Waals surface area contributed by atoms with Gasteiger partial charge < -0.3 is 19.7 Å². The van der Waals surface area contributed by atoms with E-state index in [0.717, 1.165) is 12.0 Å². The monoisotopic (exact) mass is 453 g/mol. The average Bonchev–Trinajstić information content (AvgIpc) is 3.06. The number of hydrogen-bond acceptors (Lipinski definition) is 5. The zero-order chi connectivity index (χ0) is 23.6. The summed E-state index contributed by atoms with van der Waals surface area (Å²) in [7, 11) is 0. The highest BCUT2D eigenvalue weighted by Crippen LogP contribution is 2.28. The number of nitrogens with zero attached hydrogens (tertiary/aromatic N) is 2. The van der Waals surface area contributed by atoms with E-state index in [-0.39, 0.29) is 12.0 Å². The normalized spacial score (nSPS) is 15.6. The van der Waals surface area contributed by atoms with Gasteiger partial charge in [-0.3, -0.25) is 9.69 Å². The van der Waals surface area contributed by atoms with Gasteiger partial charge in [-0.2, -0.15) is 0 Å². The molecule has 1 unspecified atom stereocenters. The van der Waals surface area contributed by atoms with Gasteiger partial charge in [0.15, 0.2) is 0 Å². The summed E-state index contributed by atoms with van der Waals surface area (Å²) in [6, 6.07) is 16.7. The second kappa shape index (κ2) is 12.3. The summed E-state index contributed by atoms with van der Waals surface area (Å²) in [5.41, 5.74) is 1.57. The average molecular weight is 454 g/mol. The fourth-order valence-corrected chi connectivity index (χ4v) is 3.92. The van der Waals surface area contributed by atoms with Crippen molar-refractivity contribution in [2.45, 2.75) is 33.2 Å². The minimum Gasteiger partial charge on any atom is -0.492 e. The summed E-state index contributed by atoms with van der Waals surface area (Å²) >= 11 is 0. The maximum absolute atomic E-state index is 13.6. The number of amides is 2. The predicted octanol–water partition coefficient (Wildman–Crippen LogP) is 4.57. The van der Waals surface area contributed by atoms with Gasteiger partial charge in [-0.05, 0) is 37.0 Å². The van der Waals surface area contributed by atoms with Crippen LogP contribution in [0.3, 0.4) is 0 Å². The van der Waals surface area contributed by atoms with Gasteiger partial charge >= 0.3 is 6.09 Å². The molecule has 178 valence electrons. The molecule has 1 aliphatic heterocycles. The zero-order valence-corrected chi connectivity index (χ0v) is 19.8. The highest BCUT2D eigenvalue weighted by Gasteiger charge is 2.31. The molecule has 0 saturated carbocycles. The molecule has 2 aromatic carbocycles. The smallest absolute Gasteiger partial charge is 0.409 e. The second-order valence-electron chi connectivity index (χ2n) is 8.58. The fraction of sp³-hybridized carbons (Fsp3) is 0.462. The van der Waals surface area contributed by atoms with E-state index in [2.05, 4.69) is 10.2 Å². The largest absolute Gasteiger partial charge is 0.492 e. The van der Waals surface area contributed by atoms with Gasteiger partial charge in [0.2, 0.25) is 5.91 Å². The molecule has 2 aromatic rings. The van der Waals surface area contributed by atoms with Crippen LogP contribution in [0.4, 0.5) is 10.5 Å². The molecule has 1 N–H and O–H groups in total. The standard InChI is InChI=1S/C26H35N3O4/c1-4-32-23-14-9-8-13-22(23)27-25(30)24(21-11-6-5-7-12-21)28-15-10-16-29(18-17-28)26(31)33-19-20(2)3/h5-9,11-14,20,24H,4,10,15-19H2,1-3H3,(H,27,30). The molecule has 0 radical (unpaired) electrons. The van der Waals surface area contributed by atoms with E-state index in [9.17, 15) is 9.59 Å². The molecule has 0 aliphatic carbocycles. The molecule has 7 nitrogen and oxygen atoms in total. The Kier molecular flexibility index (Phi) is 9.13. The Morgan fingerprint density at radius 3 is 2.42 bits per heavy atom. The van der Waals surface area contributed by atoms with Crippen LogP contribution < -0.4 is 10.1 Å². The third-order valence-electron chi connectivity index (χ3n) is 5.50. The molecule has 1 heterocycles. The van der Waals surface area contributed by atoms with E-state index in [0.29, 0.717) is 56.7 Å². The van der Waals surface area contributed by atoms with Crippen LogP contribution in [-0.4, -0.2) is 61.2 Å². The molecule has 7 heteroatoms. The van der Waals surface area contributed by atoms with Crippen LogP contribution in [0.1, 0.15) is 38.8 Å². The summed E-state index contributed by atoms with van der Waals surface area (Å²) in [6.07, 6.45) is 0.486. The summed E-state index contributed by atoms with van der Waals surface area (Å²) in [4.78, 5) is 29.9. The van der Waals surface area contributed by atoms with Crippen molar-refractivity contribution < 1.29 is 19.1 Å². The number of carbonyl (C=O) groups excluding carboxylic acids is 2. The van der Waals surface area contributed by atoms with Crippen LogP contribution >= 0.6 is 0 Å². The number of nitrogens with one attached hydrogen (secondary N) is 1. The molecular formula is C26H35N3O4. The van der Waals surface area contributed by atoms with Crippen LogP contribution in [0.15, 0.2) is 54.6 Å². The quantitative estimate of drug-likeness (QED) is 0.634. The lowest BCUT2D eigenvalue weighted by atomic mass is 10.0. The third-order valence-corrected chi connectivity index (χ3v) is 5.50. The Hall–Kier alpha value is -3.06. The second-order valence-corrected chi connectivity index (χ2v) is 8.58. The molecule has 1 fully saturated rings. The minimum atomic E-state index is -0.479. The van der Waals surface area contributed by atoms with E-state index >= 15 is 0 Å². The Bertz CT molecular complexity index is 903. The fourth-order valence-electron chi connectivity index (χ4n) is 3.92. The van der Waals surface area contributed by atoms with Crippen molar-refractivity contribution in [2.75, 3.05) is 44.7 Å². The maximum Gasteiger partial charge on any atom is 0.409 e. The predicted molar refractivity (Wildman–Crippen MR) is 129 cm³/mol. The summed E-state index contributed by atoms with van der Waals surface area (Å²) < 4.78 is 11.1. The molecular weight excluding hydrogens is 418 g/mol. The molecule has 1 saturated heterocycles. The lowest BCUT2D eigenvalue weighted by Crippen LogP contribution is -2.40. The van der Waals surface area contributed by atoms with Gasteiger partial charge in [0.05, 0.1) is 18.9 Å². The van der Waals surface area contributed by atoms with Crippen LogP contribution in [0.2, 0.25) is 0 Å². The van der Waals surface area contributed by atoms with Gasteiger partial charge in [0.25, 0.3) is 0 Å². The van der Waals surface area contributed by atoms with Crippen LogP contribution in [0, 0.1) is 5.92 Å². The van der Waals surface area contributed by atoms with E-state index < -0.39 is 6.04 Å². The summed E-state index contributed by atoms with van der Waals surface area (Å²) in [5, 5.41) is 3.07. The van der Waals surface area contributed by atoms with Crippen molar-refractivity contribution in [3.63, 3.8) is 0 Å². The molecule has 1 atom stereocenters. The minimum absolute atomic E-state index is 0.121. The van der Waals surface area contributed by atoms with Crippen LogP contribution in [0.25, 0.3) is 0 Å². The van der Waals surface area contributed by atoms with E-state index in [1.807, 2.05) is 75.4 Å².